The predicted molar refractivity (Wildman–Crippen MR) is 251 cm³/mol. The lowest BCUT2D eigenvalue weighted by molar-refractivity contribution is -0.132. The average Bonchev–Trinajstić information content (AvgIpc) is 3.34. The van der Waals surface area contributed by atoms with Gasteiger partial charge in [0.2, 0.25) is 11.8 Å². The van der Waals surface area contributed by atoms with Gasteiger partial charge in [-0.3, -0.25) is 25.1 Å². The fraction of sp³-hybridized carbons (Fsp3) is 0.712. The number of nitrogens with zero attached hydrogens (tertiary/aromatic N) is 3. The van der Waals surface area contributed by atoms with Crippen molar-refractivity contribution in [3.05, 3.63) is 71.8 Å². The van der Waals surface area contributed by atoms with Gasteiger partial charge in [-0.25, -0.2) is 4.99 Å². The van der Waals surface area contributed by atoms with Crippen molar-refractivity contribution in [2.24, 2.45) is 4.99 Å². The van der Waals surface area contributed by atoms with Gasteiger partial charge in [-0.1, -0.05) is 144 Å². The lowest BCUT2D eigenvalue weighted by Gasteiger charge is -2.45. The smallest absolute Gasteiger partial charge is 0.243 e. The molecule has 4 atom stereocenters. The van der Waals surface area contributed by atoms with Gasteiger partial charge < -0.3 is 20.9 Å². The van der Waals surface area contributed by atoms with Crippen LogP contribution in [0.25, 0.3) is 0 Å². The first kappa shape index (κ1) is 45.1. The van der Waals surface area contributed by atoms with Gasteiger partial charge in [0, 0.05) is 31.2 Å². The molecule has 2 amide bonds. The molecule has 2 aliphatic heterocycles. The van der Waals surface area contributed by atoms with Gasteiger partial charge in [0.15, 0.2) is 5.96 Å². The van der Waals surface area contributed by atoms with E-state index in [1.807, 2.05) is 12.1 Å². The standard InChI is InChI=1S/C52H80N8O2/c61-49(45-35-19-21-37-59(45)51(53-41-27-11-3-12-28-41)54-42-29-13-4-14-30-42)57-47(39-23-7-1-8-24-39)48(40-25-9-2-10-26-40)58-50(62)46-36-20-22-38-60(46)52(55-43-31-15-5-16-32-43)56-44-33-17-6-18-34-44/h1-2,7-10,23-26,41-48,51,53-54H,3-6,11-22,27-38H2,(H,55,56)(H,57,61)(H,58,62)/t45-,46-,47-,48-/m0/s1. The van der Waals surface area contributed by atoms with Crippen LogP contribution >= 0.6 is 0 Å². The van der Waals surface area contributed by atoms with Crippen LogP contribution in [0.15, 0.2) is 65.7 Å². The third-order valence-corrected chi connectivity index (χ3v) is 15.3. The van der Waals surface area contributed by atoms with Gasteiger partial charge >= 0.3 is 0 Å². The van der Waals surface area contributed by atoms with Crippen LogP contribution in [-0.4, -0.2) is 83.2 Å². The van der Waals surface area contributed by atoms with Crippen molar-refractivity contribution >= 4 is 17.8 Å². The van der Waals surface area contributed by atoms with Crippen LogP contribution in [0.3, 0.4) is 0 Å². The monoisotopic (exact) mass is 849 g/mol. The third kappa shape index (κ3) is 12.4. The molecular formula is C52H80N8O2. The average molecular weight is 849 g/mol. The number of piperidine rings is 2. The number of hydrogen-bond donors (Lipinski definition) is 5. The summed E-state index contributed by atoms with van der Waals surface area (Å²) in [6, 6.07) is 20.8. The summed E-state index contributed by atoms with van der Waals surface area (Å²) < 4.78 is 0. The number of benzene rings is 2. The maximum atomic E-state index is 15.2. The van der Waals surface area contributed by atoms with E-state index in [1.165, 1.54) is 103 Å². The summed E-state index contributed by atoms with van der Waals surface area (Å²) in [5, 5.41) is 19.4. The Bertz CT molecular complexity index is 1650. The van der Waals surface area contributed by atoms with Crippen LogP contribution < -0.4 is 26.6 Å². The van der Waals surface area contributed by atoms with Crippen LogP contribution in [-0.2, 0) is 9.59 Å². The summed E-state index contributed by atoms with van der Waals surface area (Å²) in [6.45, 7) is 1.70. The number of amides is 2. The Labute approximate surface area is 374 Å². The Kier molecular flexibility index (Phi) is 17.1. The zero-order valence-corrected chi connectivity index (χ0v) is 37.9. The van der Waals surface area contributed by atoms with E-state index in [1.54, 1.807) is 0 Å². The largest absolute Gasteiger partial charge is 0.353 e. The number of guanidine groups is 1. The fourth-order valence-corrected chi connectivity index (χ4v) is 11.8. The van der Waals surface area contributed by atoms with E-state index in [9.17, 15) is 0 Å². The van der Waals surface area contributed by atoms with E-state index < -0.39 is 12.1 Å². The molecule has 5 N–H and O–H groups in total. The Morgan fingerprint density at radius 1 is 0.484 bits per heavy atom. The lowest BCUT2D eigenvalue weighted by Crippen LogP contribution is -2.66. The summed E-state index contributed by atoms with van der Waals surface area (Å²) in [4.78, 5) is 40.6. The molecule has 62 heavy (non-hydrogen) atoms. The molecule has 0 radical (unpaired) electrons. The zero-order chi connectivity index (χ0) is 42.4. The van der Waals surface area contributed by atoms with Crippen LogP contribution in [0.2, 0.25) is 0 Å². The maximum Gasteiger partial charge on any atom is 0.243 e. The molecule has 2 aromatic rings. The molecule has 2 saturated heterocycles. The molecular weight excluding hydrogens is 769 g/mol. The first-order chi connectivity index (χ1) is 30.6. The summed E-state index contributed by atoms with van der Waals surface area (Å²) in [6.07, 6.45) is 30.4. The first-order valence-corrected chi connectivity index (χ1v) is 25.7. The number of aliphatic imine (C=N–C) groups is 1. The van der Waals surface area contributed by atoms with Crippen molar-refractivity contribution in [3.63, 3.8) is 0 Å². The minimum atomic E-state index is -0.475. The van der Waals surface area contributed by atoms with E-state index >= 15 is 9.59 Å². The molecule has 0 spiro atoms. The Morgan fingerprint density at radius 2 is 0.919 bits per heavy atom. The van der Waals surface area contributed by atoms with Crippen LogP contribution in [0.1, 0.15) is 190 Å². The van der Waals surface area contributed by atoms with Crippen molar-refractivity contribution in [2.45, 2.75) is 222 Å². The molecule has 2 heterocycles. The third-order valence-electron chi connectivity index (χ3n) is 15.3. The lowest BCUT2D eigenvalue weighted by atomic mass is 9.91. The highest BCUT2D eigenvalue weighted by Gasteiger charge is 2.40. The van der Waals surface area contributed by atoms with Gasteiger partial charge in [0.1, 0.15) is 12.3 Å². The SMILES string of the molecule is O=C(N[C@@H](c1ccccc1)[C@@H](NC(=O)[C@@H]1CCCCN1C(NC1CCCCC1)NC1CCCCC1)c1ccccc1)[C@@H]1CCCCN1C(=NC1CCCCC1)NC1CCCCC1. The predicted octanol–water partition coefficient (Wildman–Crippen LogP) is 9.15. The Hall–Kier alpha value is -3.47. The number of carbonyl (C=O) groups excluding carboxylic acids is 2. The maximum absolute atomic E-state index is 15.2. The van der Waals surface area contributed by atoms with E-state index in [2.05, 4.69) is 84.9 Å². The highest BCUT2D eigenvalue weighted by molar-refractivity contribution is 5.90. The topological polar surface area (TPSA) is 113 Å². The molecule has 2 aromatic carbocycles. The second kappa shape index (κ2) is 23.5. The van der Waals surface area contributed by atoms with Crippen molar-refractivity contribution in [2.75, 3.05) is 13.1 Å². The Morgan fingerprint density at radius 3 is 1.45 bits per heavy atom. The molecule has 4 saturated carbocycles. The number of carbonyl (C=O) groups is 2. The van der Waals surface area contributed by atoms with E-state index in [-0.39, 0.29) is 30.2 Å². The number of rotatable bonds is 14. The summed E-state index contributed by atoms with van der Waals surface area (Å²) in [5.74, 6) is 1.01. The van der Waals surface area contributed by atoms with Crippen molar-refractivity contribution in [1.29, 1.82) is 0 Å². The number of likely N-dealkylation sites (tertiary alicyclic amines) is 2. The molecule has 340 valence electrons. The van der Waals surface area contributed by atoms with E-state index in [0.29, 0.717) is 24.2 Å². The van der Waals surface area contributed by atoms with Gasteiger partial charge in [-0.2, -0.15) is 0 Å². The molecule has 8 rings (SSSR count). The molecule has 10 nitrogen and oxygen atoms in total. The van der Waals surface area contributed by atoms with Crippen LogP contribution in [0.4, 0.5) is 0 Å². The summed E-state index contributed by atoms with van der Waals surface area (Å²) >= 11 is 0. The first-order valence-electron chi connectivity index (χ1n) is 25.7. The van der Waals surface area contributed by atoms with E-state index in [4.69, 9.17) is 4.99 Å². The van der Waals surface area contributed by atoms with Gasteiger partial charge in [0.25, 0.3) is 0 Å². The van der Waals surface area contributed by atoms with Crippen molar-refractivity contribution in [3.8, 4) is 0 Å². The second-order valence-electron chi connectivity index (χ2n) is 19.9. The van der Waals surface area contributed by atoms with Gasteiger partial charge in [-0.15, -0.1) is 0 Å². The molecule has 0 aromatic heterocycles. The number of nitrogens with one attached hydrogen (secondary N) is 5. The minimum Gasteiger partial charge on any atom is -0.353 e. The highest BCUT2D eigenvalue weighted by Crippen LogP contribution is 2.33. The van der Waals surface area contributed by atoms with Crippen LogP contribution in [0.5, 0.6) is 0 Å². The highest BCUT2D eigenvalue weighted by atomic mass is 16.2. The minimum absolute atomic E-state index is 0.0169. The van der Waals surface area contributed by atoms with Gasteiger partial charge in [-0.05, 0) is 94.6 Å². The van der Waals surface area contributed by atoms with E-state index in [0.717, 1.165) is 94.4 Å². The van der Waals surface area contributed by atoms with Gasteiger partial charge in [0.05, 0.1) is 24.2 Å². The quantitative estimate of drug-likeness (QED) is 0.0733. The van der Waals surface area contributed by atoms with Crippen molar-refractivity contribution in [1.82, 2.24) is 36.4 Å². The zero-order valence-electron chi connectivity index (χ0n) is 37.9. The normalized spacial score (nSPS) is 25.6. The van der Waals surface area contributed by atoms with Crippen molar-refractivity contribution < 1.29 is 9.59 Å². The second-order valence-corrected chi connectivity index (χ2v) is 19.9. The molecule has 10 heteroatoms. The summed E-state index contributed by atoms with van der Waals surface area (Å²) in [7, 11) is 0. The molecule has 4 aliphatic carbocycles. The fourth-order valence-electron chi connectivity index (χ4n) is 11.8. The molecule has 0 unspecified atom stereocenters. The molecule has 0 bridgehead atoms. The Balaban J connectivity index is 1.07. The molecule has 6 fully saturated rings. The molecule has 6 aliphatic rings. The number of hydrogen-bond acceptors (Lipinski definition) is 6. The summed E-state index contributed by atoms with van der Waals surface area (Å²) in [5.41, 5.74) is 1.98. The van der Waals surface area contributed by atoms with Crippen LogP contribution in [0, 0.1) is 0 Å².